The van der Waals surface area contributed by atoms with Gasteiger partial charge < -0.3 is 16.2 Å². The average molecular weight is 509 g/mol. The van der Waals surface area contributed by atoms with E-state index in [0.717, 1.165) is 0 Å². The highest BCUT2D eigenvalue weighted by Crippen LogP contribution is 2.34. The van der Waals surface area contributed by atoms with Gasteiger partial charge in [-0.3, -0.25) is 4.79 Å². The molecule has 2 aromatic carbocycles. The molecule has 2 aromatic heterocycles. The Hall–Kier alpha value is -4.13. The van der Waals surface area contributed by atoms with Gasteiger partial charge >= 0.3 is 0 Å². The van der Waals surface area contributed by atoms with Gasteiger partial charge in [-0.05, 0) is 30.2 Å². The quantitative estimate of drug-likeness (QED) is 0.342. The lowest BCUT2D eigenvalue weighted by Crippen LogP contribution is -2.41. The minimum absolute atomic E-state index is 0.0138. The largest absolute Gasteiger partial charge is 0.382 e. The van der Waals surface area contributed by atoms with Gasteiger partial charge in [0, 0.05) is 23.9 Å². The third-order valence-electron chi connectivity index (χ3n) is 5.44. The number of aryl methyl sites for hydroxylation is 1. The molecular weight excluding hydrogens is 492 g/mol. The molecule has 0 saturated heterocycles. The molecule has 13 heteroatoms. The number of nitrogens with zero attached hydrogens (tertiary/aromatic N) is 3. The minimum atomic E-state index is -4.30. The Morgan fingerprint density at radius 3 is 2.47 bits per heavy atom. The molecule has 4 aromatic rings. The summed E-state index contributed by atoms with van der Waals surface area (Å²) in [6.07, 6.45) is -1.60. The van der Waals surface area contributed by atoms with E-state index in [1.807, 2.05) is 0 Å². The van der Waals surface area contributed by atoms with Crippen molar-refractivity contribution in [3.8, 4) is 11.1 Å². The van der Waals surface area contributed by atoms with Crippen LogP contribution in [0.25, 0.3) is 16.8 Å². The molecule has 7 nitrogen and oxygen atoms in total. The second-order valence-corrected chi connectivity index (χ2v) is 7.94. The molecule has 4 rings (SSSR count). The molecule has 0 unspecified atom stereocenters. The fraction of sp³-hybridized carbons (Fsp3) is 0.174. The van der Waals surface area contributed by atoms with Crippen LogP contribution in [0.1, 0.15) is 27.6 Å². The molecule has 0 aliphatic heterocycles. The Balaban J connectivity index is 1.59. The van der Waals surface area contributed by atoms with Gasteiger partial charge in [0.15, 0.2) is 5.65 Å². The first-order chi connectivity index (χ1) is 16.9. The second-order valence-electron chi connectivity index (χ2n) is 7.94. The predicted octanol–water partition coefficient (Wildman–Crippen LogP) is 3.94. The molecule has 1 atom stereocenters. The number of pyridine rings is 1. The van der Waals surface area contributed by atoms with Crippen LogP contribution in [0.4, 0.5) is 32.3 Å². The molecule has 0 fully saturated rings. The maximum Gasteiger partial charge on any atom is 0.294 e. The van der Waals surface area contributed by atoms with Gasteiger partial charge in [-0.1, -0.05) is 12.1 Å². The van der Waals surface area contributed by atoms with Crippen molar-refractivity contribution in [1.82, 2.24) is 19.9 Å². The van der Waals surface area contributed by atoms with Gasteiger partial charge in [0.2, 0.25) is 5.95 Å². The summed E-state index contributed by atoms with van der Waals surface area (Å²) in [5, 5.41) is 15.6. The topological polar surface area (TPSA) is 106 Å². The third kappa shape index (κ3) is 4.56. The van der Waals surface area contributed by atoms with Crippen LogP contribution in [-0.2, 0) is 0 Å². The zero-order valence-electron chi connectivity index (χ0n) is 18.4. The molecule has 188 valence electrons. The second kappa shape index (κ2) is 9.15. The first-order valence-electron chi connectivity index (χ1n) is 10.3. The molecule has 0 radical (unpaired) electrons. The highest BCUT2D eigenvalue weighted by atomic mass is 19.3. The summed E-state index contributed by atoms with van der Waals surface area (Å²) in [4.78, 5) is 16.6. The van der Waals surface area contributed by atoms with E-state index in [4.69, 9.17) is 5.73 Å². The summed E-state index contributed by atoms with van der Waals surface area (Å²) in [6, 6.07) is 5.97. The summed E-state index contributed by atoms with van der Waals surface area (Å²) < 4.78 is 86.5. The number of alkyl halides is 2. The Labute approximate surface area is 199 Å². The zero-order valence-corrected chi connectivity index (χ0v) is 18.4. The van der Waals surface area contributed by atoms with Crippen LogP contribution in [0, 0.1) is 30.2 Å². The number of rotatable bonds is 6. The maximum absolute atomic E-state index is 15.4. The fourth-order valence-corrected chi connectivity index (χ4v) is 3.65. The number of carbonyl (C=O) groups excluding carboxylic acids is 1. The van der Waals surface area contributed by atoms with Crippen LogP contribution < -0.4 is 11.1 Å². The lowest BCUT2D eigenvalue weighted by Gasteiger charge is -2.24. The standard InChI is InChI=1S/C23H17F6N5O2/c1-10-2-3-13(11-4-5-34-16(6-11)32-22(30)33-34)19(27)17(10)21(36)31-9-23(28,29)20(35)18-14(25)7-12(24)8-15(18)26/h2-8,20,35H,9H2,1H3,(H2,30,33)(H,31,36)/t20-/m0/s1. The van der Waals surface area contributed by atoms with Crippen molar-refractivity contribution in [3.05, 3.63) is 82.6 Å². The average Bonchev–Trinajstić information content (AvgIpc) is 3.16. The van der Waals surface area contributed by atoms with E-state index in [0.29, 0.717) is 11.2 Å². The number of halogens is 6. The van der Waals surface area contributed by atoms with E-state index in [9.17, 15) is 31.9 Å². The van der Waals surface area contributed by atoms with Gasteiger partial charge in [0.05, 0.1) is 17.7 Å². The highest BCUT2D eigenvalue weighted by Gasteiger charge is 2.43. The van der Waals surface area contributed by atoms with E-state index >= 15 is 4.39 Å². The number of nitrogens with one attached hydrogen (secondary N) is 1. The number of hydrogen-bond acceptors (Lipinski definition) is 5. The number of carbonyl (C=O) groups is 1. The molecule has 1 amide bonds. The summed E-state index contributed by atoms with van der Waals surface area (Å²) in [7, 11) is 0. The third-order valence-corrected chi connectivity index (χ3v) is 5.44. The molecule has 0 saturated carbocycles. The lowest BCUT2D eigenvalue weighted by molar-refractivity contribution is -0.109. The number of fused-ring (bicyclic) bond motifs is 1. The summed E-state index contributed by atoms with van der Waals surface area (Å²) in [5.41, 5.74) is 4.17. The molecule has 0 spiro atoms. The van der Waals surface area contributed by atoms with E-state index in [1.165, 1.54) is 41.9 Å². The van der Waals surface area contributed by atoms with Gasteiger partial charge in [-0.25, -0.2) is 30.9 Å². The van der Waals surface area contributed by atoms with E-state index in [2.05, 4.69) is 10.1 Å². The SMILES string of the molecule is Cc1ccc(-c2ccn3nc(N)nc3c2)c(F)c1C(=O)NCC(F)(F)[C@@H](O)c1c(F)cc(F)cc1F. The van der Waals surface area contributed by atoms with Crippen LogP contribution in [-0.4, -0.2) is 38.1 Å². The molecule has 4 N–H and O–H groups in total. The van der Waals surface area contributed by atoms with E-state index in [1.54, 1.807) is 5.32 Å². The van der Waals surface area contributed by atoms with Crippen molar-refractivity contribution < 1.29 is 36.2 Å². The van der Waals surface area contributed by atoms with Crippen LogP contribution in [0.2, 0.25) is 0 Å². The van der Waals surface area contributed by atoms with Crippen LogP contribution >= 0.6 is 0 Å². The van der Waals surface area contributed by atoms with E-state index in [-0.39, 0.29) is 29.2 Å². The predicted molar refractivity (Wildman–Crippen MR) is 116 cm³/mol. The van der Waals surface area contributed by atoms with Crippen molar-refractivity contribution in [2.75, 3.05) is 12.3 Å². The summed E-state index contributed by atoms with van der Waals surface area (Å²) >= 11 is 0. The Morgan fingerprint density at radius 2 is 1.81 bits per heavy atom. The van der Waals surface area contributed by atoms with Gasteiger partial charge in [-0.2, -0.15) is 4.98 Å². The number of hydrogen-bond donors (Lipinski definition) is 3. The first-order valence-corrected chi connectivity index (χ1v) is 10.3. The van der Waals surface area contributed by atoms with Gasteiger partial charge in [-0.15, -0.1) is 5.10 Å². The smallest absolute Gasteiger partial charge is 0.294 e. The number of aliphatic hydroxyl groups is 1. The van der Waals surface area contributed by atoms with Gasteiger partial charge in [0.1, 0.15) is 29.4 Å². The maximum atomic E-state index is 15.4. The van der Waals surface area contributed by atoms with Crippen molar-refractivity contribution >= 4 is 17.5 Å². The number of amides is 1. The Morgan fingerprint density at radius 1 is 1.14 bits per heavy atom. The first kappa shape index (κ1) is 25.0. The lowest BCUT2D eigenvalue weighted by atomic mass is 9.98. The van der Waals surface area contributed by atoms with Crippen molar-refractivity contribution in [1.29, 1.82) is 0 Å². The number of nitrogen functional groups attached to an aromatic ring is 1. The summed E-state index contributed by atoms with van der Waals surface area (Å²) in [5.74, 6) is -11.4. The highest BCUT2D eigenvalue weighted by molar-refractivity contribution is 5.97. The van der Waals surface area contributed by atoms with Crippen LogP contribution in [0.15, 0.2) is 42.6 Å². The normalized spacial score (nSPS) is 12.7. The molecule has 0 aliphatic rings. The molecule has 2 heterocycles. The summed E-state index contributed by atoms with van der Waals surface area (Å²) in [6.45, 7) is -0.224. The van der Waals surface area contributed by atoms with Crippen LogP contribution in [0.3, 0.4) is 0 Å². The molecule has 0 bridgehead atoms. The Bertz CT molecular complexity index is 1470. The number of benzene rings is 2. The number of anilines is 1. The zero-order chi connectivity index (χ0) is 26.4. The Kier molecular flexibility index (Phi) is 6.35. The van der Waals surface area contributed by atoms with E-state index < -0.39 is 58.9 Å². The number of aliphatic hydroxyl groups excluding tert-OH is 1. The number of nitrogens with two attached hydrogens (primary N) is 1. The number of aromatic nitrogens is 3. The molecular formula is C23H17F6N5O2. The van der Waals surface area contributed by atoms with Crippen molar-refractivity contribution in [2.24, 2.45) is 0 Å². The molecule has 36 heavy (non-hydrogen) atoms. The van der Waals surface area contributed by atoms with Gasteiger partial charge in [0.25, 0.3) is 11.8 Å². The minimum Gasteiger partial charge on any atom is -0.382 e. The van der Waals surface area contributed by atoms with Crippen LogP contribution in [0.5, 0.6) is 0 Å². The van der Waals surface area contributed by atoms with Crippen molar-refractivity contribution in [3.63, 3.8) is 0 Å². The molecule has 0 aliphatic carbocycles. The monoisotopic (exact) mass is 509 g/mol. The fourth-order valence-electron chi connectivity index (χ4n) is 3.65. The van der Waals surface area contributed by atoms with Crippen molar-refractivity contribution in [2.45, 2.75) is 19.0 Å².